The van der Waals surface area contributed by atoms with E-state index in [4.69, 9.17) is 9.47 Å². The first-order chi connectivity index (χ1) is 16.0. The van der Waals surface area contributed by atoms with Crippen molar-refractivity contribution in [3.8, 4) is 5.75 Å². The zero-order valence-electron chi connectivity index (χ0n) is 17.7. The van der Waals surface area contributed by atoms with Crippen molar-refractivity contribution in [2.45, 2.75) is 6.54 Å². The second-order valence-electron chi connectivity index (χ2n) is 7.20. The van der Waals surface area contributed by atoms with Crippen LogP contribution in [0.4, 0.5) is 5.69 Å². The van der Waals surface area contributed by atoms with Crippen molar-refractivity contribution in [2.24, 2.45) is 0 Å². The summed E-state index contributed by atoms with van der Waals surface area (Å²) in [6.45, 7) is -0.219. The molecule has 0 aliphatic carbocycles. The molecule has 0 radical (unpaired) electrons. The molecule has 1 aliphatic heterocycles. The molecule has 1 N–H and O–H groups in total. The number of hydrogen-bond donors (Lipinski definition) is 1. The van der Waals surface area contributed by atoms with Crippen LogP contribution in [0.25, 0.3) is 0 Å². The number of imide groups is 1. The molecule has 3 aromatic carbocycles. The predicted octanol–water partition coefficient (Wildman–Crippen LogP) is 2.97. The van der Waals surface area contributed by atoms with Crippen molar-refractivity contribution in [2.75, 3.05) is 18.6 Å². The van der Waals surface area contributed by atoms with Gasteiger partial charge < -0.3 is 14.8 Å². The van der Waals surface area contributed by atoms with E-state index in [1.165, 1.54) is 24.3 Å². The maximum atomic E-state index is 12.6. The molecule has 0 unspecified atom stereocenters. The number of amides is 3. The van der Waals surface area contributed by atoms with Crippen molar-refractivity contribution < 1.29 is 28.7 Å². The Balaban J connectivity index is 1.33. The van der Waals surface area contributed by atoms with E-state index in [-0.39, 0.29) is 12.1 Å². The fourth-order valence-corrected chi connectivity index (χ4v) is 3.48. The highest BCUT2D eigenvalue weighted by Gasteiger charge is 2.36. The molecule has 8 heteroatoms. The number of methoxy groups -OCH3 is 1. The van der Waals surface area contributed by atoms with E-state index < -0.39 is 30.3 Å². The van der Waals surface area contributed by atoms with E-state index in [1.54, 1.807) is 37.4 Å². The lowest BCUT2D eigenvalue weighted by molar-refractivity contribution is -0.124. The topological polar surface area (TPSA) is 102 Å². The quantitative estimate of drug-likeness (QED) is 0.444. The number of benzene rings is 3. The first kappa shape index (κ1) is 21.8. The highest BCUT2D eigenvalue weighted by atomic mass is 16.5. The van der Waals surface area contributed by atoms with Crippen LogP contribution in [0.2, 0.25) is 0 Å². The Morgan fingerprint density at radius 3 is 2.09 bits per heavy atom. The lowest BCUT2D eigenvalue weighted by Crippen LogP contribution is -2.29. The van der Waals surface area contributed by atoms with Crippen LogP contribution in [-0.4, -0.2) is 37.4 Å². The Morgan fingerprint density at radius 1 is 0.848 bits per heavy atom. The van der Waals surface area contributed by atoms with Crippen LogP contribution in [-0.2, 0) is 16.1 Å². The summed E-state index contributed by atoms with van der Waals surface area (Å²) in [7, 11) is 1.54. The third-order valence-electron chi connectivity index (χ3n) is 5.16. The van der Waals surface area contributed by atoms with E-state index in [9.17, 15) is 19.2 Å². The minimum atomic E-state index is -0.698. The SMILES string of the molecule is COc1ccccc1CNC(=O)COC(=O)c1ccc(N2C(=O)c3ccccc3C2=O)cc1. The molecular weight excluding hydrogens is 424 g/mol. The molecule has 0 atom stereocenters. The monoisotopic (exact) mass is 444 g/mol. The summed E-state index contributed by atoms with van der Waals surface area (Å²) in [5, 5.41) is 2.67. The summed E-state index contributed by atoms with van der Waals surface area (Å²) in [5.74, 6) is -1.35. The van der Waals surface area contributed by atoms with Crippen LogP contribution in [0.1, 0.15) is 36.6 Å². The molecule has 3 amide bonds. The number of carbonyl (C=O) groups excluding carboxylic acids is 4. The summed E-state index contributed by atoms with van der Waals surface area (Å²) in [4.78, 5) is 50.5. The fourth-order valence-electron chi connectivity index (χ4n) is 3.48. The van der Waals surface area contributed by atoms with Gasteiger partial charge in [-0.2, -0.15) is 0 Å². The minimum absolute atomic E-state index is 0.188. The van der Waals surface area contributed by atoms with Gasteiger partial charge in [-0.1, -0.05) is 30.3 Å². The first-order valence-electron chi connectivity index (χ1n) is 10.1. The molecule has 8 nitrogen and oxygen atoms in total. The van der Waals surface area contributed by atoms with Gasteiger partial charge in [-0.25, -0.2) is 9.69 Å². The van der Waals surface area contributed by atoms with Gasteiger partial charge in [-0.05, 0) is 42.5 Å². The van der Waals surface area contributed by atoms with Gasteiger partial charge in [0.1, 0.15) is 5.75 Å². The molecule has 0 saturated heterocycles. The summed E-state index contributed by atoms with van der Waals surface area (Å²) in [6.07, 6.45) is 0. The number of rotatable bonds is 7. The smallest absolute Gasteiger partial charge is 0.338 e. The summed E-state index contributed by atoms with van der Waals surface area (Å²) in [6, 6.07) is 19.7. The highest BCUT2D eigenvalue weighted by Crippen LogP contribution is 2.28. The standard InChI is InChI=1S/C25H20N2O6/c1-32-21-9-5-2-6-17(21)14-26-22(28)15-33-25(31)16-10-12-18(13-11-16)27-23(29)19-7-3-4-8-20(19)24(27)30/h2-13H,14-15H2,1H3,(H,26,28). The van der Waals surface area contributed by atoms with Gasteiger partial charge in [-0.3, -0.25) is 14.4 Å². The molecular formula is C25H20N2O6. The largest absolute Gasteiger partial charge is 0.496 e. The number of hydrogen-bond acceptors (Lipinski definition) is 6. The van der Waals surface area contributed by atoms with Crippen molar-refractivity contribution in [1.29, 1.82) is 0 Å². The second kappa shape index (κ2) is 9.35. The lowest BCUT2D eigenvalue weighted by Gasteiger charge is -2.14. The zero-order chi connectivity index (χ0) is 23.4. The summed E-state index contributed by atoms with van der Waals surface area (Å²) in [5.41, 5.74) is 2.00. The number of nitrogens with zero attached hydrogens (tertiary/aromatic N) is 1. The highest BCUT2D eigenvalue weighted by molar-refractivity contribution is 6.34. The third-order valence-corrected chi connectivity index (χ3v) is 5.16. The molecule has 33 heavy (non-hydrogen) atoms. The fraction of sp³-hybridized carbons (Fsp3) is 0.120. The van der Waals surface area contributed by atoms with Gasteiger partial charge in [-0.15, -0.1) is 0 Å². The molecule has 0 spiro atoms. The van der Waals surface area contributed by atoms with Gasteiger partial charge in [0.25, 0.3) is 17.7 Å². The maximum Gasteiger partial charge on any atom is 0.338 e. The van der Waals surface area contributed by atoms with E-state index >= 15 is 0 Å². The minimum Gasteiger partial charge on any atom is -0.496 e. The van der Waals surface area contributed by atoms with Gasteiger partial charge in [0.05, 0.1) is 29.5 Å². The predicted molar refractivity (Wildman–Crippen MR) is 119 cm³/mol. The number of esters is 1. The maximum absolute atomic E-state index is 12.6. The molecule has 166 valence electrons. The number of anilines is 1. The van der Waals surface area contributed by atoms with E-state index in [0.717, 1.165) is 10.5 Å². The lowest BCUT2D eigenvalue weighted by atomic mass is 10.1. The van der Waals surface area contributed by atoms with Crippen LogP contribution in [0.5, 0.6) is 5.75 Å². The number of para-hydroxylation sites is 1. The number of carbonyl (C=O) groups is 4. The molecule has 4 rings (SSSR count). The van der Waals surface area contributed by atoms with Gasteiger partial charge >= 0.3 is 5.97 Å². The Bertz CT molecular complexity index is 1200. The van der Waals surface area contributed by atoms with Gasteiger partial charge in [0.2, 0.25) is 0 Å². The molecule has 0 saturated carbocycles. The summed E-state index contributed by atoms with van der Waals surface area (Å²) >= 11 is 0. The molecule has 1 aliphatic rings. The molecule has 3 aromatic rings. The van der Waals surface area contributed by atoms with Crippen LogP contribution in [0, 0.1) is 0 Å². The third kappa shape index (κ3) is 4.45. The Morgan fingerprint density at radius 2 is 1.45 bits per heavy atom. The number of nitrogens with one attached hydrogen (secondary N) is 1. The van der Waals surface area contributed by atoms with Crippen LogP contribution in [0.3, 0.4) is 0 Å². The van der Waals surface area contributed by atoms with Crippen LogP contribution in [0.15, 0.2) is 72.8 Å². The first-order valence-corrected chi connectivity index (χ1v) is 10.1. The van der Waals surface area contributed by atoms with E-state index in [0.29, 0.717) is 22.6 Å². The molecule has 0 aromatic heterocycles. The average molecular weight is 444 g/mol. The van der Waals surface area contributed by atoms with Crippen LogP contribution < -0.4 is 15.0 Å². The second-order valence-corrected chi connectivity index (χ2v) is 7.20. The Labute approximate surface area is 189 Å². The van der Waals surface area contributed by atoms with Gasteiger partial charge in [0.15, 0.2) is 6.61 Å². The van der Waals surface area contributed by atoms with Crippen molar-refractivity contribution in [3.05, 3.63) is 95.1 Å². The normalized spacial score (nSPS) is 12.3. The Kier molecular flexibility index (Phi) is 6.17. The summed E-state index contributed by atoms with van der Waals surface area (Å²) < 4.78 is 10.3. The average Bonchev–Trinajstić information content (AvgIpc) is 3.11. The Hall–Kier alpha value is -4.46. The van der Waals surface area contributed by atoms with Gasteiger partial charge in [0, 0.05) is 12.1 Å². The molecule has 1 heterocycles. The molecule has 0 bridgehead atoms. The van der Waals surface area contributed by atoms with E-state index in [1.807, 2.05) is 18.2 Å². The van der Waals surface area contributed by atoms with E-state index in [2.05, 4.69) is 5.32 Å². The van der Waals surface area contributed by atoms with Crippen molar-refractivity contribution in [3.63, 3.8) is 0 Å². The number of fused-ring (bicyclic) bond motifs is 1. The van der Waals surface area contributed by atoms with Crippen molar-refractivity contribution >= 4 is 29.4 Å². The van der Waals surface area contributed by atoms with Crippen LogP contribution >= 0.6 is 0 Å². The van der Waals surface area contributed by atoms with Crippen molar-refractivity contribution in [1.82, 2.24) is 5.32 Å². The molecule has 0 fully saturated rings. The number of ether oxygens (including phenoxy) is 2. The zero-order valence-corrected chi connectivity index (χ0v) is 17.7.